The zero-order valence-electron chi connectivity index (χ0n) is 15.0. The molecule has 0 atom stereocenters. The number of carbonyl (C=O) groups is 2. The molecule has 0 unspecified atom stereocenters. The third kappa shape index (κ3) is 4.74. The minimum atomic E-state index is -0.213. The molecule has 4 nitrogen and oxygen atoms in total. The van der Waals surface area contributed by atoms with E-state index in [2.05, 4.69) is 33.2 Å². The van der Waals surface area contributed by atoms with Crippen molar-refractivity contribution in [1.29, 1.82) is 0 Å². The minimum Gasteiger partial charge on any atom is -0.322 e. The Hall–Kier alpha value is -2.67. The maximum absolute atomic E-state index is 12.6. The molecular weight excluding hydrogens is 451 g/mol. The summed E-state index contributed by atoms with van der Waals surface area (Å²) in [6.45, 7) is 3.85. The molecule has 0 aromatic heterocycles. The van der Waals surface area contributed by atoms with Crippen LogP contribution in [0.5, 0.6) is 0 Å². The fourth-order valence-electron chi connectivity index (χ4n) is 2.64. The number of amides is 2. The molecule has 2 N–H and O–H groups in total. The molecular formula is C22H19IN2O2. The molecule has 3 rings (SSSR count). The lowest BCUT2D eigenvalue weighted by Gasteiger charge is -2.12. The van der Waals surface area contributed by atoms with Crippen LogP contribution in [0.1, 0.15) is 31.8 Å². The molecule has 0 heterocycles. The van der Waals surface area contributed by atoms with Crippen LogP contribution in [0, 0.1) is 17.4 Å². The number of carbonyl (C=O) groups excluding carboxylic acids is 2. The highest BCUT2D eigenvalue weighted by Crippen LogP contribution is 2.21. The Morgan fingerprint density at radius 2 is 1.37 bits per heavy atom. The highest BCUT2D eigenvalue weighted by molar-refractivity contribution is 14.1. The lowest BCUT2D eigenvalue weighted by molar-refractivity contribution is 0.101. The first kappa shape index (κ1) is 19.1. The van der Waals surface area contributed by atoms with Crippen LogP contribution in [0.2, 0.25) is 0 Å². The molecule has 5 heteroatoms. The van der Waals surface area contributed by atoms with E-state index in [0.717, 1.165) is 20.4 Å². The summed E-state index contributed by atoms with van der Waals surface area (Å²) >= 11 is 2.24. The van der Waals surface area contributed by atoms with Crippen molar-refractivity contribution in [2.24, 2.45) is 0 Å². The van der Waals surface area contributed by atoms with Gasteiger partial charge in [-0.3, -0.25) is 9.59 Å². The van der Waals surface area contributed by atoms with Gasteiger partial charge in [-0.1, -0.05) is 24.3 Å². The standard InChI is InChI=1S/C22H19IN2O2/c1-14-8-9-17(22(27)24-19-11-10-18(23)12-15(19)2)13-20(14)25-21(26)16-6-4-3-5-7-16/h3-13H,1-2H3,(H,24,27)(H,25,26). The van der Waals surface area contributed by atoms with Gasteiger partial charge < -0.3 is 10.6 Å². The van der Waals surface area contributed by atoms with Gasteiger partial charge in [0.2, 0.25) is 0 Å². The van der Waals surface area contributed by atoms with Crippen molar-refractivity contribution in [2.45, 2.75) is 13.8 Å². The predicted octanol–water partition coefficient (Wildman–Crippen LogP) is 5.41. The smallest absolute Gasteiger partial charge is 0.255 e. The lowest BCUT2D eigenvalue weighted by atomic mass is 10.1. The second-order valence-corrected chi connectivity index (χ2v) is 7.51. The number of hydrogen-bond acceptors (Lipinski definition) is 2. The highest BCUT2D eigenvalue weighted by atomic mass is 127. The van der Waals surface area contributed by atoms with Gasteiger partial charge in [0.25, 0.3) is 11.8 Å². The predicted molar refractivity (Wildman–Crippen MR) is 117 cm³/mol. The van der Waals surface area contributed by atoms with Crippen molar-refractivity contribution in [1.82, 2.24) is 0 Å². The highest BCUT2D eigenvalue weighted by Gasteiger charge is 2.12. The Morgan fingerprint density at radius 1 is 0.704 bits per heavy atom. The summed E-state index contributed by atoms with van der Waals surface area (Å²) in [5, 5.41) is 5.81. The van der Waals surface area contributed by atoms with E-state index in [-0.39, 0.29) is 11.8 Å². The number of hydrogen-bond donors (Lipinski definition) is 2. The monoisotopic (exact) mass is 470 g/mol. The van der Waals surface area contributed by atoms with E-state index in [4.69, 9.17) is 0 Å². The fraction of sp³-hybridized carbons (Fsp3) is 0.0909. The van der Waals surface area contributed by atoms with Gasteiger partial charge in [-0.25, -0.2) is 0 Å². The molecule has 0 fully saturated rings. The third-order valence-corrected chi connectivity index (χ3v) is 4.89. The van der Waals surface area contributed by atoms with Crippen molar-refractivity contribution < 1.29 is 9.59 Å². The van der Waals surface area contributed by atoms with E-state index in [1.165, 1.54) is 0 Å². The molecule has 2 amide bonds. The lowest BCUT2D eigenvalue weighted by Crippen LogP contribution is -2.16. The second kappa shape index (κ2) is 8.35. The molecule has 0 saturated carbocycles. The van der Waals surface area contributed by atoms with Gasteiger partial charge in [0.15, 0.2) is 0 Å². The van der Waals surface area contributed by atoms with Gasteiger partial charge in [-0.15, -0.1) is 0 Å². The summed E-state index contributed by atoms with van der Waals surface area (Å²) in [6, 6.07) is 20.1. The first-order valence-electron chi connectivity index (χ1n) is 8.48. The molecule has 3 aromatic carbocycles. The minimum absolute atomic E-state index is 0.204. The molecule has 0 spiro atoms. The summed E-state index contributed by atoms with van der Waals surface area (Å²) in [4.78, 5) is 25.0. The quantitative estimate of drug-likeness (QED) is 0.501. The van der Waals surface area contributed by atoms with Crippen LogP contribution < -0.4 is 10.6 Å². The Morgan fingerprint density at radius 3 is 2.07 bits per heavy atom. The van der Waals surface area contributed by atoms with Gasteiger partial charge in [0, 0.05) is 26.1 Å². The molecule has 0 aliphatic heterocycles. The largest absolute Gasteiger partial charge is 0.322 e. The van der Waals surface area contributed by atoms with Crippen LogP contribution in [0.25, 0.3) is 0 Å². The number of benzene rings is 3. The Bertz CT molecular complexity index is 1000. The Labute approximate surface area is 172 Å². The zero-order valence-corrected chi connectivity index (χ0v) is 17.2. The van der Waals surface area contributed by atoms with E-state index >= 15 is 0 Å². The summed E-state index contributed by atoms with van der Waals surface area (Å²) < 4.78 is 1.12. The topological polar surface area (TPSA) is 58.2 Å². The van der Waals surface area contributed by atoms with Gasteiger partial charge >= 0.3 is 0 Å². The average molecular weight is 470 g/mol. The van der Waals surface area contributed by atoms with Crippen LogP contribution >= 0.6 is 22.6 Å². The Kier molecular flexibility index (Phi) is 5.91. The van der Waals surface area contributed by atoms with Crippen molar-refractivity contribution in [3.63, 3.8) is 0 Å². The first-order chi connectivity index (χ1) is 12.9. The molecule has 3 aromatic rings. The van der Waals surface area contributed by atoms with Crippen molar-refractivity contribution in [3.05, 3.63) is 92.6 Å². The second-order valence-electron chi connectivity index (χ2n) is 6.26. The number of halogens is 1. The fourth-order valence-corrected chi connectivity index (χ4v) is 3.29. The van der Waals surface area contributed by atoms with E-state index < -0.39 is 0 Å². The molecule has 0 saturated heterocycles. The van der Waals surface area contributed by atoms with Crippen LogP contribution in [0.15, 0.2) is 66.7 Å². The third-order valence-electron chi connectivity index (χ3n) is 4.22. The Balaban J connectivity index is 1.80. The number of anilines is 2. The molecule has 0 aliphatic carbocycles. The normalized spacial score (nSPS) is 10.3. The molecule has 0 radical (unpaired) electrons. The van der Waals surface area contributed by atoms with Gasteiger partial charge in [0.1, 0.15) is 0 Å². The summed E-state index contributed by atoms with van der Waals surface area (Å²) in [6.07, 6.45) is 0. The summed E-state index contributed by atoms with van der Waals surface area (Å²) in [7, 11) is 0. The number of aryl methyl sites for hydroxylation is 2. The van der Waals surface area contributed by atoms with Gasteiger partial charge in [-0.2, -0.15) is 0 Å². The molecule has 136 valence electrons. The van der Waals surface area contributed by atoms with Crippen molar-refractivity contribution >= 4 is 45.8 Å². The SMILES string of the molecule is Cc1cc(I)ccc1NC(=O)c1ccc(C)c(NC(=O)c2ccccc2)c1. The molecule has 0 aliphatic rings. The van der Waals surface area contributed by atoms with E-state index in [1.807, 2.05) is 56.3 Å². The van der Waals surface area contributed by atoms with E-state index in [9.17, 15) is 9.59 Å². The van der Waals surface area contributed by atoms with Gasteiger partial charge in [-0.05, 0) is 90.0 Å². The summed E-state index contributed by atoms with van der Waals surface area (Å²) in [5.74, 6) is -0.417. The average Bonchev–Trinajstić information content (AvgIpc) is 2.66. The maximum Gasteiger partial charge on any atom is 0.255 e. The maximum atomic E-state index is 12.6. The zero-order chi connectivity index (χ0) is 19.4. The molecule has 27 heavy (non-hydrogen) atoms. The van der Waals surface area contributed by atoms with Crippen molar-refractivity contribution in [3.8, 4) is 0 Å². The number of rotatable bonds is 4. The van der Waals surface area contributed by atoms with Crippen LogP contribution in [0.3, 0.4) is 0 Å². The van der Waals surface area contributed by atoms with Crippen molar-refractivity contribution in [2.75, 3.05) is 10.6 Å². The first-order valence-corrected chi connectivity index (χ1v) is 9.56. The molecule has 0 bridgehead atoms. The van der Waals surface area contributed by atoms with Crippen LogP contribution in [-0.2, 0) is 0 Å². The van der Waals surface area contributed by atoms with E-state index in [0.29, 0.717) is 16.8 Å². The summed E-state index contributed by atoms with van der Waals surface area (Å²) in [5.41, 5.74) is 4.34. The number of nitrogens with one attached hydrogen (secondary N) is 2. The van der Waals surface area contributed by atoms with Crippen LogP contribution in [-0.4, -0.2) is 11.8 Å². The van der Waals surface area contributed by atoms with E-state index in [1.54, 1.807) is 24.3 Å². The van der Waals surface area contributed by atoms with Gasteiger partial charge in [0.05, 0.1) is 0 Å². The van der Waals surface area contributed by atoms with Crippen LogP contribution in [0.4, 0.5) is 11.4 Å².